The van der Waals surface area contributed by atoms with Crippen LogP contribution in [0.5, 0.6) is 0 Å². The standard InChI is InChI=1S/C17H32O2/c1-4-7-9-11-13-16-15(12-10-8-5-2)14-17(19-16)18-6-3/h12,16-17H,4-11,13-14H2,1-3H3/b15-12-. The second kappa shape index (κ2) is 10.4. The van der Waals surface area contributed by atoms with Crippen LogP contribution in [0.25, 0.3) is 0 Å². The number of allylic oxidation sites excluding steroid dienone is 1. The molecule has 0 bridgehead atoms. The molecule has 0 radical (unpaired) electrons. The Morgan fingerprint density at radius 2 is 1.89 bits per heavy atom. The summed E-state index contributed by atoms with van der Waals surface area (Å²) in [6.45, 7) is 7.29. The van der Waals surface area contributed by atoms with Gasteiger partial charge in [0.25, 0.3) is 0 Å². The molecule has 2 atom stereocenters. The summed E-state index contributed by atoms with van der Waals surface area (Å²) in [4.78, 5) is 0. The van der Waals surface area contributed by atoms with Crippen LogP contribution in [0, 0.1) is 0 Å². The summed E-state index contributed by atoms with van der Waals surface area (Å²) in [5.74, 6) is 0. The number of unbranched alkanes of at least 4 members (excludes halogenated alkanes) is 5. The molecule has 0 aromatic heterocycles. The summed E-state index contributed by atoms with van der Waals surface area (Å²) >= 11 is 0. The molecule has 0 amide bonds. The van der Waals surface area contributed by atoms with Crippen LogP contribution >= 0.6 is 0 Å². The lowest BCUT2D eigenvalue weighted by Gasteiger charge is -2.13. The quantitative estimate of drug-likeness (QED) is 0.399. The number of hydrogen-bond acceptors (Lipinski definition) is 2. The monoisotopic (exact) mass is 268 g/mol. The van der Waals surface area contributed by atoms with Gasteiger partial charge in [-0.3, -0.25) is 0 Å². The van der Waals surface area contributed by atoms with Gasteiger partial charge in [0.1, 0.15) is 0 Å². The SMILES string of the molecule is CCCC/C=C1/CC(OCC)OC1CCCCCC. The van der Waals surface area contributed by atoms with Gasteiger partial charge in [-0.2, -0.15) is 0 Å². The van der Waals surface area contributed by atoms with Gasteiger partial charge in [-0.1, -0.05) is 58.4 Å². The highest BCUT2D eigenvalue weighted by molar-refractivity contribution is 5.13. The molecule has 2 heteroatoms. The maximum atomic E-state index is 6.03. The van der Waals surface area contributed by atoms with Gasteiger partial charge in [0.15, 0.2) is 6.29 Å². The minimum atomic E-state index is 0.00838. The Balaban J connectivity index is 2.40. The number of ether oxygens (including phenoxy) is 2. The molecule has 1 saturated heterocycles. The van der Waals surface area contributed by atoms with Crippen LogP contribution in [0.4, 0.5) is 0 Å². The lowest BCUT2D eigenvalue weighted by Crippen LogP contribution is -2.14. The molecule has 0 spiro atoms. The van der Waals surface area contributed by atoms with Crippen LogP contribution in [-0.2, 0) is 9.47 Å². The van der Waals surface area contributed by atoms with Crippen molar-refractivity contribution in [2.75, 3.05) is 6.61 Å². The lowest BCUT2D eigenvalue weighted by molar-refractivity contribution is -0.130. The van der Waals surface area contributed by atoms with E-state index in [4.69, 9.17) is 9.47 Å². The summed E-state index contributed by atoms with van der Waals surface area (Å²) in [7, 11) is 0. The second-order valence-corrected chi connectivity index (χ2v) is 5.48. The number of rotatable bonds is 10. The predicted molar refractivity (Wildman–Crippen MR) is 81.3 cm³/mol. The van der Waals surface area contributed by atoms with Gasteiger partial charge in [-0.15, -0.1) is 0 Å². The molecule has 0 aromatic rings. The Bertz CT molecular complexity index is 248. The van der Waals surface area contributed by atoms with Gasteiger partial charge in [0, 0.05) is 13.0 Å². The third kappa shape index (κ3) is 6.58. The smallest absolute Gasteiger partial charge is 0.162 e. The normalized spacial score (nSPS) is 25.3. The molecule has 112 valence electrons. The van der Waals surface area contributed by atoms with E-state index >= 15 is 0 Å². The second-order valence-electron chi connectivity index (χ2n) is 5.48. The first-order chi connectivity index (χ1) is 9.31. The van der Waals surface area contributed by atoms with Gasteiger partial charge in [0.05, 0.1) is 6.10 Å². The van der Waals surface area contributed by atoms with Gasteiger partial charge < -0.3 is 9.47 Å². The lowest BCUT2D eigenvalue weighted by atomic mass is 10.0. The highest BCUT2D eigenvalue weighted by Crippen LogP contribution is 2.30. The van der Waals surface area contributed by atoms with Crippen LogP contribution in [0.2, 0.25) is 0 Å². The van der Waals surface area contributed by atoms with Crippen molar-refractivity contribution in [1.82, 2.24) is 0 Å². The average molecular weight is 268 g/mol. The summed E-state index contributed by atoms with van der Waals surface area (Å²) in [6.07, 6.45) is 13.9. The van der Waals surface area contributed by atoms with Crippen molar-refractivity contribution in [3.05, 3.63) is 11.6 Å². The van der Waals surface area contributed by atoms with E-state index in [1.54, 1.807) is 0 Å². The zero-order valence-corrected chi connectivity index (χ0v) is 13.1. The topological polar surface area (TPSA) is 18.5 Å². The first kappa shape index (κ1) is 16.7. The van der Waals surface area contributed by atoms with Crippen molar-refractivity contribution in [3.8, 4) is 0 Å². The molecule has 1 heterocycles. The van der Waals surface area contributed by atoms with Crippen molar-refractivity contribution in [3.63, 3.8) is 0 Å². The molecule has 0 N–H and O–H groups in total. The first-order valence-electron chi connectivity index (χ1n) is 8.27. The van der Waals surface area contributed by atoms with E-state index in [0.29, 0.717) is 6.10 Å². The van der Waals surface area contributed by atoms with Crippen LogP contribution in [0.3, 0.4) is 0 Å². The molecule has 1 aliphatic heterocycles. The van der Waals surface area contributed by atoms with E-state index < -0.39 is 0 Å². The molecule has 0 aliphatic carbocycles. The Morgan fingerprint density at radius 1 is 1.11 bits per heavy atom. The minimum absolute atomic E-state index is 0.00838. The van der Waals surface area contributed by atoms with Gasteiger partial charge >= 0.3 is 0 Å². The summed E-state index contributed by atoms with van der Waals surface area (Å²) < 4.78 is 11.7. The van der Waals surface area contributed by atoms with Crippen LogP contribution in [0.15, 0.2) is 11.6 Å². The molecule has 1 fully saturated rings. The highest BCUT2D eigenvalue weighted by Gasteiger charge is 2.29. The third-order valence-electron chi connectivity index (χ3n) is 3.77. The Hall–Kier alpha value is -0.340. The van der Waals surface area contributed by atoms with Gasteiger partial charge in [-0.25, -0.2) is 0 Å². The van der Waals surface area contributed by atoms with Crippen LogP contribution < -0.4 is 0 Å². The first-order valence-corrected chi connectivity index (χ1v) is 8.27. The molecular formula is C17H32O2. The Kier molecular flexibility index (Phi) is 9.19. The van der Waals surface area contributed by atoms with Crippen molar-refractivity contribution in [2.45, 2.75) is 91.0 Å². The largest absolute Gasteiger partial charge is 0.353 e. The fourth-order valence-electron chi connectivity index (χ4n) is 2.64. The zero-order valence-electron chi connectivity index (χ0n) is 13.1. The van der Waals surface area contributed by atoms with E-state index in [1.807, 2.05) is 6.92 Å². The fourth-order valence-corrected chi connectivity index (χ4v) is 2.64. The molecule has 2 unspecified atom stereocenters. The van der Waals surface area contributed by atoms with Crippen molar-refractivity contribution >= 4 is 0 Å². The predicted octanol–water partition coefficient (Wildman–Crippen LogP) is 5.22. The molecular weight excluding hydrogens is 236 g/mol. The molecule has 1 rings (SSSR count). The van der Waals surface area contributed by atoms with E-state index in [0.717, 1.165) is 13.0 Å². The van der Waals surface area contributed by atoms with Crippen molar-refractivity contribution < 1.29 is 9.47 Å². The fraction of sp³-hybridized carbons (Fsp3) is 0.882. The Morgan fingerprint density at radius 3 is 2.58 bits per heavy atom. The molecule has 0 aromatic carbocycles. The molecule has 19 heavy (non-hydrogen) atoms. The van der Waals surface area contributed by atoms with E-state index in [1.165, 1.54) is 56.9 Å². The third-order valence-corrected chi connectivity index (χ3v) is 3.77. The maximum Gasteiger partial charge on any atom is 0.162 e. The average Bonchev–Trinajstić information content (AvgIpc) is 2.78. The van der Waals surface area contributed by atoms with Crippen molar-refractivity contribution in [2.24, 2.45) is 0 Å². The van der Waals surface area contributed by atoms with Gasteiger partial charge in [-0.05, 0) is 25.3 Å². The minimum Gasteiger partial charge on any atom is -0.353 e. The number of hydrogen-bond donors (Lipinski definition) is 0. The summed E-state index contributed by atoms with van der Waals surface area (Å²) in [6, 6.07) is 0. The molecule has 1 aliphatic rings. The maximum absolute atomic E-state index is 6.03. The van der Waals surface area contributed by atoms with Crippen LogP contribution in [0.1, 0.15) is 78.6 Å². The Labute approximate surface area is 119 Å². The summed E-state index contributed by atoms with van der Waals surface area (Å²) in [5, 5.41) is 0. The van der Waals surface area contributed by atoms with Gasteiger partial charge in [0.2, 0.25) is 0 Å². The van der Waals surface area contributed by atoms with Crippen LogP contribution in [-0.4, -0.2) is 19.0 Å². The van der Waals surface area contributed by atoms with Crippen molar-refractivity contribution in [1.29, 1.82) is 0 Å². The summed E-state index contributed by atoms with van der Waals surface area (Å²) in [5.41, 5.74) is 1.49. The zero-order chi connectivity index (χ0) is 13.9. The highest BCUT2D eigenvalue weighted by atomic mass is 16.7. The molecule has 2 nitrogen and oxygen atoms in total. The van der Waals surface area contributed by atoms with E-state index in [2.05, 4.69) is 19.9 Å². The van der Waals surface area contributed by atoms with E-state index in [-0.39, 0.29) is 6.29 Å². The van der Waals surface area contributed by atoms with E-state index in [9.17, 15) is 0 Å². The molecule has 0 saturated carbocycles.